The van der Waals surface area contributed by atoms with Crippen LogP contribution in [-0.4, -0.2) is 30.1 Å². The van der Waals surface area contributed by atoms with Gasteiger partial charge < -0.3 is 10.6 Å². The average molecular weight is 415 g/mol. The molecule has 4 rings (SSSR count). The maximum Gasteiger partial charge on any atom is 0.254 e. The fraction of sp³-hybridized carbons (Fsp3) is 0.160. The lowest BCUT2D eigenvalue weighted by Gasteiger charge is -2.28. The maximum atomic E-state index is 14.1. The number of hydrogen-bond acceptors (Lipinski definition) is 3. The summed E-state index contributed by atoms with van der Waals surface area (Å²) in [5.74, 6) is -1.70. The normalized spacial score (nSPS) is 19.8. The number of carbonyl (C=O) groups is 2. The summed E-state index contributed by atoms with van der Waals surface area (Å²) in [6.45, 7) is 0. The van der Waals surface area contributed by atoms with Crippen molar-refractivity contribution in [2.45, 2.75) is 18.5 Å². The Kier molecular flexibility index (Phi) is 6.17. The highest BCUT2D eigenvalue weighted by Crippen LogP contribution is 2.25. The predicted octanol–water partition coefficient (Wildman–Crippen LogP) is 3.36. The number of amides is 2. The summed E-state index contributed by atoms with van der Waals surface area (Å²) in [6.07, 6.45) is 11.5. The van der Waals surface area contributed by atoms with Crippen molar-refractivity contribution in [3.05, 3.63) is 108 Å². The molecule has 3 unspecified atom stereocenters. The Morgan fingerprint density at radius 3 is 2.58 bits per heavy atom. The fourth-order valence-corrected chi connectivity index (χ4v) is 3.66. The summed E-state index contributed by atoms with van der Waals surface area (Å²) < 4.78 is 14.1. The number of dihydropyridines is 1. The molecule has 5 nitrogen and oxygen atoms in total. The number of fused-ring (bicyclic) bond motifs is 1. The second kappa shape index (κ2) is 9.34. The Hall–Kier alpha value is -3.80. The van der Waals surface area contributed by atoms with E-state index in [0.29, 0.717) is 5.70 Å². The van der Waals surface area contributed by atoms with Gasteiger partial charge in [0.15, 0.2) is 0 Å². The van der Waals surface area contributed by atoms with E-state index in [0.717, 1.165) is 5.56 Å². The van der Waals surface area contributed by atoms with Gasteiger partial charge in [-0.3, -0.25) is 14.6 Å². The van der Waals surface area contributed by atoms with Gasteiger partial charge in [-0.2, -0.15) is 0 Å². The zero-order chi connectivity index (χ0) is 21.6. The molecule has 0 aromatic heterocycles. The molecule has 0 spiro atoms. The molecule has 2 N–H and O–H groups in total. The van der Waals surface area contributed by atoms with Crippen LogP contribution in [0.5, 0.6) is 0 Å². The lowest BCUT2D eigenvalue weighted by atomic mass is 9.90. The van der Waals surface area contributed by atoms with Gasteiger partial charge in [-0.25, -0.2) is 4.39 Å². The summed E-state index contributed by atoms with van der Waals surface area (Å²) in [6, 6.07) is 14.1. The van der Waals surface area contributed by atoms with Gasteiger partial charge in [-0.15, -0.1) is 0 Å². The Bertz CT molecular complexity index is 1090. The molecule has 0 fully saturated rings. The topological polar surface area (TPSA) is 70.6 Å². The van der Waals surface area contributed by atoms with Crippen LogP contribution in [0, 0.1) is 11.7 Å². The number of rotatable bonds is 6. The highest BCUT2D eigenvalue weighted by Gasteiger charge is 2.28. The second-order valence-electron chi connectivity index (χ2n) is 7.39. The lowest BCUT2D eigenvalue weighted by molar-refractivity contribution is -0.122. The molecule has 156 valence electrons. The summed E-state index contributed by atoms with van der Waals surface area (Å²) >= 11 is 0. The maximum absolute atomic E-state index is 14.1. The van der Waals surface area contributed by atoms with E-state index in [1.165, 1.54) is 18.2 Å². The molecule has 2 aromatic carbocycles. The largest absolute Gasteiger partial charge is 0.340 e. The number of halogens is 1. The monoisotopic (exact) mass is 415 g/mol. The number of allylic oxidation sites excluding steroid dienone is 3. The van der Waals surface area contributed by atoms with Crippen molar-refractivity contribution in [1.82, 2.24) is 10.6 Å². The summed E-state index contributed by atoms with van der Waals surface area (Å²) in [5, 5.41) is 5.65. The number of nitrogens with zero attached hydrogens (tertiary/aromatic N) is 1. The van der Waals surface area contributed by atoms with E-state index in [4.69, 9.17) is 0 Å². The molecule has 1 aliphatic carbocycles. The van der Waals surface area contributed by atoms with E-state index >= 15 is 0 Å². The van der Waals surface area contributed by atoms with Gasteiger partial charge in [0.1, 0.15) is 11.9 Å². The molecule has 2 aliphatic rings. The molecular weight excluding hydrogens is 393 g/mol. The first-order valence-electron chi connectivity index (χ1n) is 10.1. The quantitative estimate of drug-likeness (QED) is 0.760. The molecule has 0 saturated heterocycles. The van der Waals surface area contributed by atoms with E-state index in [9.17, 15) is 14.0 Å². The molecule has 0 radical (unpaired) electrons. The van der Waals surface area contributed by atoms with Crippen LogP contribution in [0.25, 0.3) is 0 Å². The van der Waals surface area contributed by atoms with Crippen molar-refractivity contribution in [1.29, 1.82) is 0 Å². The van der Waals surface area contributed by atoms with Crippen molar-refractivity contribution >= 4 is 18.0 Å². The first-order valence-corrected chi connectivity index (χ1v) is 10.1. The smallest absolute Gasteiger partial charge is 0.254 e. The van der Waals surface area contributed by atoms with Gasteiger partial charge in [-0.05, 0) is 29.8 Å². The van der Waals surface area contributed by atoms with Crippen molar-refractivity contribution in [2.75, 3.05) is 0 Å². The number of nitrogens with one attached hydrogen (secondary N) is 2. The van der Waals surface area contributed by atoms with Gasteiger partial charge in [0.2, 0.25) is 5.91 Å². The predicted molar refractivity (Wildman–Crippen MR) is 118 cm³/mol. The third kappa shape index (κ3) is 4.86. The van der Waals surface area contributed by atoms with Gasteiger partial charge in [-0.1, -0.05) is 60.7 Å². The third-order valence-electron chi connectivity index (χ3n) is 5.26. The van der Waals surface area contributed by atoms with Crippen molar-refractivity contribution < 1.29 is 14.0 Å². The highest BCUT2D eigenvalue weighted by atomic mass is 19.1. The standard InChI is InChI=1S/C25H22FN3O2/c26-20-12-5-4-10-18(20)24(30)29-23(16-17-8-2-1-3-9-17)25(31)28-22-14-6-13-21-19(22)11-7-15-27-21/h1-15,19,21,23H,16H2,(H,28,31)(H,29,30). The second-order valence-corrected chi connectivity index (χ2v) is 7.39. The van der Waals surface area contributed by atoms with Gasteiger partial charge in [0.05, 0.1) is 11.6 Å². The number of benzene rings is 2. The van der Waals surface area contributed by atoms with E-state index < -0.39 is 17.8 Å². The minimum absolute atomic E-state index is 0.0640. The van der Waals surface area contributed by atoms with Crippen LogP contribution in [0.3, 0.4) is 0 Å². The molecule has 0 saturated carbocycles. The van der Waals surface area contributed by atoms with Crippen molar-refractivity contribution in [3.8, 4) is 0 Å². The molecule has 1 heterocycles. The first kappa shape index (κ1) is 20.5. The third-order valence-corrected chi connectivity index (χ3v) is 5.26. The van der Waals surface area contributed by atoms with E-state index in [-0.39, 0.29) is 29.9 Å². The van der Waals surface area contributed by atoms with Gasteiger partial charge >= 0.3 is 0 Å². The van der Waals surface area contributed by atoms with Crippen molar-refractivity contribution in [3.63, 3.8) is 0 Å². The van der Waals surface area contributed by atoms with Gasteiger partial charge in [0, 0.05) is 24.3 Å². The lowest BCUT2D eigenvalue weighted by Crippen LogP contribution is -2.49. The zero-order valence-electron chi connectivity index (χ0n) is 16.7. The van der Waals surface area contributed by atoms with Crippen LogP contribution < -0.4 is 10.6 Å². The zero-order valence-corrected chi connectivity index (χ0v) is 16.7. The Morgan fingerprint density at radius 1 is 1.00 bits per heavy atom. The Morgan fingerprint density at radius 2 is 1.77 bits per heavy atom. The molecule has 6 heteroatoms. The van der Waals surface area contributed by atoms with Crippen LogP contribution in [0.15, 0.2) is 95.7 Å². The minimum atomic E-state index is -0.879. The molecular formula is C25H22FN3O2. The number of carbonyl (C=O) groups excluding carboxylic acids is 2. The van der Waals surface area contributed by atoms with E-state index in [1.807, 2.05) is 60.7 Å². The summed E-state index contributed by atoms with van der Waals surface area (Å²) in [4.78, 5) is 30.3. The van der Waals surface area contributed by atoms with Crippen LogP contribution in [0.4, 0.5) is 4.39 Å². The van der Waals surface area contributed by atoms with Crippen LogP contribution in [0.1, 0.15) is 15.9 Å². The Labute approximate surface area is 180 Å². The van der Waals surface area contributed by atoms with Gasteiger partial charge in [0.25, 0.3) is 5.91 Å². The molecule has 3 atom stereocenters. The summed E-state index contributed by atoms with van der Waals surface area (Å²) in [5.41, 5.74) is 1.50. The Balaban J connectivity index is 1.54. The molecule has 31 heavy (non-hydrogen) atoms. The van der Waals surface area contributed by atoms with E-state index in [1.54, 1.807) is 12.3 Å². The van der Waals surface area contributed by atoms with Crippen LogP contribution in [-0.2, 0) is 11.2 Å². The molecule has 1 aliphatic heterocycles. The highest BCUT2D eigenvalue weighted by molar-refractivity contribution is 5.98. The van der Waals surface area contributed by atoms with Crippen LogP contribution in [0.2, 0.25) is 0 Å². The minimum Gasteiger partial charge on any atom is -0.340 e. The SMILES string of the molecule is O=C(NC(Cc1ccccc1)C(=O)NC1=CC=CC2N=CC=CC12)c1ccccc1F. The summed E-state index contributed by atoms with van der Waals surface area (Å²) in [7, 11) is 0. The average Bonchev–Trinajstić information content (AvgIpc) is 2.80. The number of hydrogen-bond donors (Lipinski definition) is 2. The molecule has 2 amide bonds. The fourth-order valence-electron chi connectivity index (χ4n) is 3.66. The molecule has 2 aromatic rings. The van der Waals surface area contributed by atoms with Crippen molar-refractivity contribution in [2.24, 2.45) is 10.9 Å². The first-order chi connectivity index (χ1) is 15.1. The van der Waals surface area contributed by atoms with Crippen LogP contribution >= 0.6 is 0 Å². The van der Waals surface area contributed by atoms with E-state index in [2.05, 4.69) is 15.6 Å². The number of aliphatic imine (C=N–C) groups is 1. The molecule has 0 bridgehead atoms.